The van der Waals surface area contributed by atoms with Gasteiger partial charge in [0.15, 0.2) is 0 Å². The summed E-state index contributed by atoms with van der Waals surface area (Å²) in [4.78, 5) is 24.2. The van der Waals surface area contributed by atoms with Gasteiger partial charge in [-0.2, -0.15) is 0 Å². The van der Waals surface area contributed by atoms with Crippen molar-refractivity contribution in [2.24, 2.45) is 0 Å². The van der Waals surface area contributed by atoms with Crippen molar-refractivity contribution in [2.75, 3.05) is 58.0 Å². The van der Waals surface area contributed by atoms with Crippen molar-refractivity contribution in [2.45, 2.75) is 17.9 Å². The molecule has 1 aliphatic heterocycles. The zero-order chi connectivity index (χ0) is 22.5. The maximum Gasteiger partial charge on any atom is 0.279 e. The normalized spacial score (nSPS) is 14.8. The molecule has 0 atom stereocenters. The van der Waals surface area contributed by atoms with Crippen LogP contribution in [0.15, 0.2) is 59.6 Å². The molecule has 1 fully saturated rings. The van der Waals surface area contributed by atoms with Crippen LogP contribution in [0.4, 0.5) is 5.69 Å². The van der Waals surface area contributed by atoms with Gasteiger partial charge in [0.25, 0.3) is 5.91 Å². The van der Waals surface area contributed by atoms with Crippen LogP contribution in [0.1, 0.15) is 16.8 Å². The molecule has 1 amide bonds. The van der Waals surface area contributed by atoms with Gasteiger partial charge in [0.05, 0.1) is 18.4 Å². The van der Waals surface area contributed by atoms with Gasteiger partial charge in [0.2, 0.25) is 0 Å². The number of nitrogens with zero attached hydrogens (tertiary/aromatic N) is 4. The highest BCUT2D eigenvalue weighted by molar-refractivity contribution is 7.98. The van der Waals surface area contributed by atoms with Crippen molar-refractivity contribution >= 4 is 34.3 Å². The second-order valence-electron chi connectivity index (χ2n) is 8.09. The largest absolute Gasteiger partial charge is 0.368 e. The number of anilines is 1. The standard InChI is InChI=1S/C25H32N4O2S/c1-26(31-2)25(30)21-19-29(22-10-5-4-9-20(21)22)14-8-13-27-15-17-28(18-16-27)23-11-6-7-12-24(23)32-3/h4-7,9-12,19H,8,13-18H2,1-3H3. The molecule has 4 rings (SSSR count). The number of hydroxylamine groups is 2. The zero-order valence-corrected chi connectivity index (χ0v) is 20.0. The number of thioether (sulfide) groups is 1. The second-order valence-corrected chi connectivity index (χ2v) is 8.94. The Balaban J connectivity index is 1.35. The summed E-state index contributed by atoms with van der Waals surface area (Å²) in [6.07, 6.45) is 5.17. The first-order chi connectivity index (χ1) is 15.6. The fraction of sp³-hybridized carbons (Fsp3) is 0.400. The molecule has 6 nitrogen and oxygen atoms in total. The van der Waals surface area contributed by atoms with E-state index in [0.29, 0.717) is 5.56 Å². The van der Waals surface area contributed by atoms with E-state index in [1.807, 2.05) is 36.2 Å². The first kappa shape index (κ1) is 22.7. The average molecular weight is 453 g/mol. The van der Waals surface area contributed by atoms with Gasteiger partial charge in [0.1, 0.15) is 0 Å². The Bertz CT molecular complexity index is 1060. The Kier molecular flexibility index (Phi) is 7.40. The molecule has 1 aliphatic rings. The summed E-state index contributed by atoms with van der Waals surface area (Å²) in [5.74, 6) is -0.121. The minimum absolute atomic E-state index is 0.121. The molecule has 170 valence electrons. The number of hydrogen-bond donors (Lipinski definition) is 0. The van der Waals surface area contributed by atoms with Gasteiger partial charge < -0.3 is 9.47 Å². The number of benzene rings is 2. The quantitative estimate of drug-likeness (QED) is 0.378. The number of carbonyl (C=O) groups excluding carboxylic acids is 1. The predicted molar refractivity (Wildman–Crippen MR) is 133 cm³/mol. The summed E-state index contributed by atoms with van der Waals surface area (Å²) >= 11 is 1.82. The summed E-state index contributed by atoms with van der Waals surface area (Å²) < 4.78 is 2.21. The highest BCUT2D eigenvalue weighted by atomic mass is 32.2. The Labute approximate surface area is 194 Å². The molecular weight excluding hydrogens is 420 g/mol. The van der Waals surface area contributed by atoms with E-state index >= 15 is 0 Å². The minimum Gasteiger partial charge on any atom is -0.368 e. The van der Waals surface area contributed by atoms with Crippen LogP contribution in [-0.2, 0) is 11.4 Å². The van der Waals surface area contributed by atoms with Gasteiger partial charge in [-0.15, -0.1) is 11.8 Å². The number of para-hydroxylation sites is 2. The number of aromatic nitrogens is 1. The van der Waals surface area contributed by atoms with Crippen molar-refractivity contribution in [1.82, 2.24) is 14.5 Å². The molecule has 0 spiro atoms. The van der Waals surface area contributed by atoms with Gasteiger partial charge in [0, 0.05) is 61.8 Å². The summed E-state index contributed by atoms with van der Waals surface area (Å²) in [5.41, 5.74) is 3.14. The van der Waals surface area contributed by atoms with Crippen molar-refractivity contribution in [3.8, 4) is 0 Å². The second kappa shape index (κ2) is 10.4. The molecule has 0 saturated carbocycles. The van der Waals surface area contributed by atoms with Crippen LogP contribution in [0.3, 0.4) is 0 Å². The van der Waals surface area contributed by atoms with E-state index < -0.39 is 0 Å². The number of rotatable bonds is 8. The average Bonchev–Trinajstić information content (AvgIpc) is 3.22. The third-order valence-electron chi connectivity index (χ3n) is 6.25. The molecule has 0 radical (unpaired) electrons. The van der Waals surface area contributed by atoms with Gasteiger partial charge in [-0.25, -0.2) is 5.06 Å². The Morgan fingerprint density at radius 2 is 1.75 bits per heavy atom. The molecule has 0 N–H and O–H groups in total. The predicted octanol–water partition coefficient (Wildman–Crippen LogP) is 4.21. The van der Waals surface area contributed by atoms with E-state index in [4.69, 9.17) is 4.84 Å². The van der Waals surface area contributed by atoms with Crippen molar-refractivity contribution in [1.29, 1.82) is 0 Å². The fourth-order valence-electron chi connectivity index (χ4n) is 4.42. The molecular formula is C25H32N4O2S. The van der Waals surface area contributed by atoms with Gasteiger partial charge in [-0.3, -0.25) is 14.5 Å². The number of amides is 1. The summed E-state index contributed by atoms with van der Waals surface area (Å²) in [6.45, 7) is 6.23. The van der Waals surface area contributed by atoms with Gasteiger partial charge in [-0.05, 0) is 37.4 Å². The lowest BCUT2D eigenvalue weighted by Gasteiger charge is -2.36. The molecule has 1 saturated heterocycles. The molecule has 0 unspecified atom stereocenters. The van der Waals surface area contributed by atoms with Crippen molar-refractivity contribution in [3.63, 3.8) is 0 Å². The fourth-order valence-corrected chi connectivity index (χ4v) is 5.04. The highest BCUT2D eigenvalue weighted by Gasteiger charge is 2.20. The summed E-state index contributed by atoms with van der Waals surface area (Å²) in [6, 6.07) is 16.8. The number of carbonyl (C=O) groups is 1. The minimum atomic E-state index is -0.121. The summed E-state index contributed by atoms with van der Waals surface area (Å²) in [7, 11) is 3.15. The lowest BCUT2D eigenvalue weighted by molar-refractivity contribution is -0.0755. The third kappa shape index (κ3) is 4.80. The van der Waals surface area contributed by atoms with Crippen LogP contribution in [0, 0.1) is 0 Å². The van der Waals surface area contributed by atoms with E-state index in [1.165, 1.54) is 22.8 Å². The Morgan fingerprint density at radius 3 is 2.50 bits per heavy atom. The van der Waals surface area contributed by atoms with Gasteiger partial charge >= 0.3 is 0 Å². The molecule has 2 aromatic carbocycles. The SMILES string of the molecule is CON(C)C(=O)c1cn(CCCN2CCN(c3ccccc3SC)CC2)c2ccccc12. The van der Waals surface area contributed by atoms with Crippen molar-refractivity contribution < 1.29 is 9.63 Å². The van der Waals surface area contributed by atoms with Crippen LogP contribution in [0.5, 0.6) is 0 Å². The van der Waals surface area contributed by atoms with Crippen LogP contribution in [0.2, 0.25) is 0 Å². The van der Waals surface area contributed by atoms with E-state index in [-0.39, 0.29) is 5.91 Å². The molecule has 32 heavy (non-hydrogen) atoms. The molecule has 3 aromatic rings. The van der Waals surface area contributed by atoms with Crippen LogP contribution in [-0.4, -0.2) is 73.6 Å². The molecule has 0 bridgehead atoms. The number of aryl methyl sites for hydroxylation is 1. The van der Waals surface area contributed by atoms with Crippen LogP contribution < -0.4 is 4.90 Å². The third-order valence-corrected chi connectivity index (χ3v) is 7.04. The highest BCUT2D eigenvalue weighted by Crippen LogP contribution is 2.29. The molecule has 0 aliphatic carbocycles. The van der Waals surface area contributed by atoms with Crippen LogP contribution >= 0.6 is 11.8 Å². The molecule has 2 heterocycles. The van der Waals surface area contributed by atoms with E-state index in [2.05, 4.69) is 51.0 Å². The Morgan fingerprint density at radius 1 is 1.03 bits per heavy atom. The first-order valence-corrected chi connectivity index (χ1v) is 12.3. The van der Waals surface area contributed by atoms with E-state index in [9.17, 15) is 4.79 Å². The zero-order valence-electron chi connectivity index (χ0n) is 19.2. The first-order valence-electron chi connectivity index (χ1n) is 11.1. The number of piperazine rings is 1. The number of hydrogen-bond acceptors (Lipinski definition) is 5. The number of fused-ring (bicyclic) bond motifs is 1. The lowest BCUT2D eigenvalue weighted by atomic mass is 10.1. The summed E-state index contributed by atoms with van der Waals surface area (Å²) in [5, 5.41) is 2.25. The monoisotopic (exact) mass is 452 g/mol. The maximum atomic E-state index is 12.7. The topological polar surface area (TPSA) is 41.0 Å². The van der Waals surface area contributed by atoms with Gasteiger partial charge in [-0.1, -0.05) is 30.3 Å². The molecule has 7 heteroatoms. The Hall–Kier alpha value is -2.48. The van der Waals surface area contributed by atoms with Crippen LogP contribution in [0.25, 0.3) is 10.9 Å². The smallest absolute Gasteiger partial charge is 0.279 e. The molecule has 1 aromatic heterocycles. The lowest BCUT2D eigenvalue weighted by Crippen LogP contribution is -2.46. The van der Waals surface area contributed by atoms with Crippen molar-refractivity contribution in [3.05, 3.63) is 60.3 Å². The van der Waals surface area contributed by atoms with E-state index in [1.54, 1.807) is 7.05 Å². The van der Waals surface area contributed by atoms with E-state index in [0.717, 1.165) is 56.6 Å². The maximum absolute atomic E-state index is 12.7.